The van der Waals surface area contributed by atoms with Crippen LogP contribution in [-0.4, -0.2) is 63.7 Å². The molecular weight excluding hydrogens is 356 g/mol. The summed E-state index contributed by atoms with van der Waals surface area (Å²) in [4.78, 5) is 27.2. The van der Waals surface area contributed by atoms with Gasteiger partial charge in [-0.05, 0) is 30.5 Å². The maximum absolute atomic E-state index is 12.8. The lowest BCUT2D eigenvalue weighted by molar-refractivity contribution is -0.137. The zero-order valence-electron chi connectivity index (χ0n) is 15.4. The first-order valence-corrected chi connectivity index (χ1v) is 10.5. The lowest BCUT2D eigenvalue weighted by Gasteiger charge is -2.31. The van der Waals surface area contributed by atoms with Crippen LogP contribution in [0.5, 0.6) is 0 Å². The van der Waals surface area contributed by atoms with Crippen molar-refractivity contribution in [3.8, 4) is 0 Å². The number of rotatable bonds is 6. The Morgan fingerprint density at radius 3 is 2.46 bits per heavy atom. The molecule has 1 aromatic carbocycles. The van der Waals surface area contributed by atoms with E-state index in [1.165, 1.54) is 24.3 Å². The molecule has 0 unspecified atom stereocenters. The molecule has 144 valence electrons. The van der Waals surface area contributed by atoms with E-state index in [4.69, 9.17) is 4.74 Å². The number of carbonyl (C=O) groups is 2. The molecule has 1 N–H and O–H groups in total. The van der Waals surface area contributed by atoms with Gasteiger partial charge in [-0.1, -0.05) is 19.9 Å². The van der Waals surface area contributed by atoms with Crippen LogP contribution >= 0.6 is 0 Å². The fourth-order valence-corrected chi connectivity index (χ4v) is 3.47. The lowest BCUT2D eigenvalue weighted by Crippen LogP contribution is -2.52. The second kappa shape index (κ2) is 8.64. The Labute approximate surface area is 154 Å². The third-order valence-corrected chi connectivity index (χ3v) is 5.27. The molecule has 1 aromatic rings. The molecule has 26 heavy (non-hydrogen) atoms. The first kappa shape index (κ1) is 20.4. The second-order valence-corrected chi connectivity index (χ2v) is 8.91. The Morgan fingerprint density at radius 1 is 1.23 bits per heavy atom. The van der Waals surface area contributed by atoms with Crippen LogP contribution in [-0.2, 0) is 19.4 Å². The quantitative estimate of drug-likeness (QED) is 0.795. The molecule has 7 nitrogen and oxygen atoms in total. The lowest BCUT2D eigenvalue weighted by atomic mass is 10.0. The van der Waals surface area contributed by atoms with E-state index in [-0.39, 0.29) is 22.3 Å². The number of ether oxygens (including phenoxy) is 1. The molecule has 0 spiro atoms. The highest BCUT2D eigenvalue weighted by molar-refractivity contribution is 7.90. The Bertz CT molecular complexity index is 755. The third kappa shape index (κ3) is 5.54. The van der Waals surface area contributed by atoms with Gasteiger partial charge in [0.2, 0.25) is 5.91 Å². The van der Waals surface area contributed by atoms with E-state index in [0.717, 1.165) is 6.26 Å². The molecule has 0 saturated carbocycles. The third-order valence-electron chi connectivity index (χ3n) is 4.16. The van der Waals surface area contributed by atoms with Gasteiger partial charge in [-0.3, -0.25) is 9.59 Å². The molecule has 0 aromatic heterocycles. The van der Waals surface area contributed by atoms with E-state index in [1.54, 1.807) is 4.90 Å². The molecule has 8 heteroatoms. The molecule has 1 fully saturated rings. The maximum atomic E-state index is 12.8. The molecule has 0 radical (unpaired) electrons. The Hall–Kier alpha value is -1.93. The van der Waals surface area contributed by atoms with Crippen LogP contribution in [0.1, 0.15) is 30.6 Å². The molecule has 0 bridgehead atoms. The summed E-state index contributed by atoms with van der Waals surface area (Å²) in [5.41, 5.74) is 0.219. The summed E-state index contributed by atoms with van der Waals surface area (Å²) < 4.78 is 28.6. The van der Waals surface area contributed by atoms with Gasteiger partial charge in [0.1, 0.15) is 6.04 Å². The molecule has 2 rings (SSSR count). The minimum absolute atomic E-state index is 0.0741. The van der Waals surface area contributed by atoms with E-state index in [1.807, 2.05) is 13.8 Å². The normalized spacial score (nSPS) is 16.4. The van der Waals surface area contributed by atoms with Gasteiger partial charge in [-0.2, -0.15) is 0 Å². The molecular formula is C18H26N2O5S. The van der Waals surface area contributed by atoms with Crippen LogP contribution in [0.3, 0.4) is 0 Å². The summed E-state index contributed by atoms with van der Waals surface area (Å²) in [5.74, 6) is -0.370. The van der Waals surface area contributed by atoms with E-state index >= 15 is 0 Å². The van der Waals surface area contributed by atoms with E-state index in [2.05, 4.69) is 5.32 Å². The van der Waals surface area contributed by atoms with Crippen molar-refractivity contribution in [3.63, 3.8) is 0 Å². The molecule has 0 aliphatic carbocycles. The first-order valence-electron chi connectivity index (χ1n) is 8.66. The fourth-order valence-electron chi connectivity index (χ4n) is 2.81. The fraction of sp³-hybridized carbons (Fsp3) is 0.556. The van der Waals surface area contributed by atoms with Gasteiger partial charge in [0.25, 0.3) is 5.91 Å². The van der Waals surface area contributed by atoms with Crippen molar-refractivity contribution in [1.29, 1.82) is 0 Å². The van der Waals surface area contributed by atoms with E-state index < -0.39 is 21.8 Å². The average molecular weight is 382 g/mol. The van der Waals surface area contributed by atoms with Crippen LogP contribution < -0.4 is 5.32 Å². The van der Waals surface area contributed by atoms with Crippen molar-refractivity contribution in [2.24, 2.45) is 5.92 Å². The van der Waals surface area contributed by atoms with Crippen LogP contribution in [0.15, 0.2) is 29.2 Å². The number of benzene rings is 1. The van der Waals surface area contributed by atoms with Gasteiger partial charge in [0, 0.05) is 24.9 Å². The minimum Gasteiger partial charge on any atom is -0.378 e. The summed E-state index contributed by atoms with van der Waals surface area (Å²) >= 11 is 0. The molecule has 2 amide bonds. The number of amides is 2. The van der Waals surface area contributed by atoms with Crippen LogP contribution in [0.2, 0.25) is 0 Å². The molecule has 1 aliphatic rings. The summed E-state index contributed by atoms with van der Waals surface area (Å²) in [6, 6.07) is 5.18. The van der Waals surface area contributed by atoms with Crippen molar-refractivity contribution in [2.75, 3.05) is 32.6 Å². The predicted octanol–water partition coefficient (Wildman–Crippen LogP) is 1.09. The van der Waals surface area contributed by atoms with Crippen molar-refractivity contribution >= 4 is 21.7 Å². The van der Waals surface area contributed by atoms with Crippen LogP contribution in [0.25, 0.3) is 0 Å². The molecule has 1 saturated heterocycles. The number of morpholine rings is 1. The van der Waals surface area contributed by atoms with Gasteiger partial charge in [-0.25, -0.2) is 8.42 Å². The molecule has 1 heterocycles. The van der Waals surface area contributed by atoms with E-state index in [9.17, 15) is 18.0 Å². The predicted molar refractivity (Wildman–Crippen MR) is 97.7 cm³/mol. The Kier molecular flexibility index (Phi) is 6.77. The van der Waals surface area contributed by atoms with Gasteiger partial charge < -0.3 is 15.0 Å². The van der Waals surface area contributed by atoms with Gasteiger partial charge in [0.15, 0.2) is 9.84 Å². The van der Waals surface area contributed by atoms with Gasteiger partial charge in [-0.15, -0.1) is 0 Å². The standard InChI is InChI=1S/C18H26N2O5S/c1-13(2)11-16(18(22)20-7-9-25-10-8-20)19-17(21)14-5-4-6-15(12-14)26(3,23)24/h4-6,12-13,16H,7-11H2,1-3H3,(H,19,21)/t16-/m0/s1. The topological polar surface area (TPSA) is 92.8 Å². The monoisotopic (exact) mass is 382 g/mol. The van der Waals surface area contributed by atoms with Crippen molar-refractivity contribution in [3.05, 3.63) is 29.8 Å². The SMILES string of the molecule is CC(C)C[C@H](NC(=O)c1cccc(S(C)(=O)=O)c1)C(=O)N1CCOCC1. The number of nitrogens with one attached hydrogen (secondary N) is 1. The van der Waals surface area contributed by atoms with E-state index in [0.29, 0.717) is 32.7 Å². The highest BCUT2D eigenvalue weighted by Crippen LogP contribution is 2.14. The van der Waals surface area contributed by atoms with Crippen molar-refractivity contribution < 1.29 is 22.7 Å². The Balaban J connectivity index is 2.17. The summed E-state index contributed by atoms with van der Waals surface area (Å²) in [5, 5.41) is 2.77. The summed E-state index contributed by atoms with van der Waals surface area (Å²) in [6.45, 7) is 5.96. The minimum atomic E-state index is -3.41. The van der Waals surface area contributed by atoms with Crippen molar-refractivity contribution in [2.45, 2.75) is 31.2 Å². The number of carbonyl (C=O) groups excluding carboxylic acids is 2. The largest absolute Gasteiger partial charge is 0.378 e. The average Bonchev–Trinajstić information content (AvgIpc) is 2.60. The highest BCUT2D eigenvalue weighted by Gasteiger charge is 2.28. The number of nitrogens with zero attached hydrogens (tertiary/aromatic N) is 1. The highest BCUT2D eigenvalue weighted by atomic mass is 32.2. The number of hydrogen-bond acceptors (Lipinski definition) is 5. The molecule has 1 atom stereocenters. The zero-order valence-corrected chi connectivity index (χ0v) is 16.2. The maximum Gasteiger partial charge on any atom is 0.251 e. The van der Waals surface area contributed by atoms with Crippen LogP contribution in [0.4, 0.5) is 0 Å². The number of hydrogen-bond donors (Lipinski definition) is 1. The Morgan fingerprint density at radius 2 is 1.88 bits per heavy atom. The van der Waals surface area contributed by atoms with Crippen molar-refractivity contribution in [1.82, 2.24) is 10.2 Å². The zero-order chi connectivity index (χ0) is 19.3. The summed E-state index contributed by atoms with van der Waals surface area (Å²) in [6.07, 6.45) is 1.60. The smallest absolute Gasteiger partial charge is 0.251 e. The first-order chi connectivity index (χ1) is 12.2. The van der Waals surface area contributed by atoms with Gasteiger partial charge in [0.05, 0.1) is 18.1 Å². The molecule has 1 aliphatic heterocycles. The van der Waals surface area contributed by atoms with Crippen LogP contribution in [0, 0.1) is 5.92 Å². The second-order valence-electron chi connectivity index (χ2n) is 6.89. The van der Waals surface area contributed by atoms with Gasteiger partial charge >= 0.3 is 0 Å². The summed E-state index contributed by atoms with van der Waals surface area (Å²) in [7, 11) is -3.41. The number of sulfone groups is 1.